The number of ketones is 1. The van der Waals surface area contributed by atoms with E-state index in [1.165, 1.54) is 18.2 Å². The molecule has 0 aliphatic carbocycles. The number of benzene rings is 1. The van der Waals surface area contributed by atoms with Crippen molar-refractivity contribution in [1.29, 1.82) is 0 Å². The number of ether oxygens (including phenoxy) is 1. The second-order valence-electron chi connectivity index (χ2n) is 4.54. The molecule has 0 amide bonds. The maximum atomic E-state index is 11.7. The lowest BCUT2D eigenvalue weighted by Gasteiger charge is -2.05. The minimum Gasteiger partial charge on any atom is -0.507 e. The first-order valence-corrected chi connectivity index (χ1v) is 7.29. The molecule has 118 valence electrons. The van der Waals surface area contributed by atoms with Crippen molar-refractivity contribution >= 4 is 40.7 Å². The molecule has 0 aliphatic heterocycles. The predicted molar refractivity (Wildman–Crippen MR) is 87.1 cm³/mol. The zero-order valence-electron chi connectivity index (χ0n) is 12.2. The second kappa shape index (κ2) is 8.61. The highest BCUT2D eigenvalue weighted by atomic mass is 35.5. The first-order valence-electron chi connectivity index (χ1n) is 6.54. The van der Waals surface area contributed by atoms with Crippen molar-refractivity contribution < 1.29 is 19.4 Å². The van der Waals surface area contributed by atoms with Gasteiger partial charge in [-0.25, -0.2) is 4.79 Å². The van der Waals surface area contributed by atoms with Crippen LogP contribution in [-0.2, 0) is 14.3 Å². The van der Waals surface area contributed by atoms with Crippen LogP contribution in [0, 0.1) is 0 Å². The molecular weight excluding hydrogens is 327 g/mol. The molecule has 6 heteroatoms. The first-order chi connectivity index (χ1) is 10.3. The van der Waals surface area contributed by atoms with Crippen molar-refractivity contribution in [3.8, 4) is 0 Å². The van der Waals surface area contributed by atoms with Crippen LogP contribution in [0.4, 0.5) is 0 Å². The molecular formula is C16H16Cl2O4. The quantitative estimate of drug-likeness (QED) is 0.274. The monoisotopic (exact) mass is 342 g/mol. The average molecular weight is 343 g/mol. The van der Waals surface area contributed by atoms with E-state index < -0.39 is 17.5 Å². The standard InChI is InChI=1S/C16H16Cl2O4/c1-3-10(2)6-7-22-16(21)15(20)9-14(19)12-5-4-11(17)8-13(12)18/h3-5,8-9,19H,6-7H2,1-2H3/b10-3+,14-9?. The number of carbonyl (C=O) groups excluding carboxylic acids is 2. The van der Waals surface area contributed by atoms with Gasteiger partial charge in [0.05, 0.1) is 11.6 Å². The van der Waals surface area contributed by atoms with Crippen molar-refractivity contribution in [2.45, 2.75) is 20.3 Å². The van der Waals surface area contributed by atoms with E-state index >= 15 is 0 Å². The molecule has 0 heterocycles. The maximum Gasteiger partial charge on any atom is 0.379 e. The van der Waals surface area contributed by atoms with Gasteiger partial charge < -0.3 is 9.84 Å². The van der Waals surface area contributed by atoms with Gasteiger partial charge >= 0.3 is 5.97 Å². The van der Waals surface area contributed by atoms with Gasteiger partial charge in [-0.3, -0.25) is 4.79 Å². The van der Waals surface area contributed by atoms with Crippen LogP contribution < -0.4 is 0 Å². The average Bonchev–Trinajstić information content (AvgIpc) is 2.46. The fourth-order valence-corrected chi connectivity index (χ4v) is 1.98. The van der Waals surface area contributed by atoms with Gasteiger partial charge in [0.1, 0.15) is 5.76 Å². The van der Waals surface area contributed by atoms with Crippen LogP contribution in [0.2, 0.25) is 10.0 Å². The van der Waals surface area contributed by atoms with Crippen molar-refractivity contribution in [1.82, 2.24) is 0 Å². The van der Waals surface area contributed by atoms with E-state index in [0.29, 0.717) is 11.4 Å². The van der Waals surface area contributed by atoms with Crippen molar-refractivity contribution in [3.05, 3.63) is 51.5 Å². The lowest BCUT2D eigenvalue weighted by molar-refractivity contribution is -0.151. The first kappa shape index (κ1) is 18.3. The Balaban J connectivity index is 2.70. The van der Waals surface area contributed by atoms with E-state index in [4.69, 9.17) is 27.9 Å². The molecule has 0 fully saturated rings. The molecule has 1 rings (SSSR count). The maximum absolute atomic E-state index is 11.7. The third-order valence-corrected chi connectivity index (χ3v) is 3.45. The van der Waals surface area contributed by atoms with Crippen LogP contribution in [0.3, 0.4) is 0 Å². The van der Waals surface area contributed by atoms with Crippen LogP contribution >= 0.6 is 23.2 Å². The van der Waals surface area contributed by atoms with Crippen LogP contribution in [0.25, 0.3) is 5.76 Å². The third-order valence-electron chi connectivity index (χ3n) is 2.90. The Bertz CT molecular complexity index is 633. The SMILES string of the molecule is C/C=C(\C)CCOC(=O)C(=O)C=C(O)c1ccc(Cl)cc1Cl. The van der Waals surface area contributed by atoms with Crippen molar-refractivity contribution in [2.75, 3.05) is 6.61 Å². The Morgan fingerprint density at radius 2 is 2.00 bits per heavy atom. The summed E-state index contributed by atoms with van der Waals surface area (Å²) in [5, 5.41) is 10.4. The smallest absolute Gasteiger partial charge is 0.379 e. The van der Waals surface area contributed by atoms with Gasteiger partial charge in [-0.1, -0.05) is 34.9 Å². The summed E-state index contributed by atoms with van der Waals surface area (Å²) in [6, 6.07) is 4.38. The van der Waals surface area contributed by atoms with E-state index in [2.05, 4.69) is 0 Å². The molecule has 1 aromatic carbocycles. The highest BCUT2D eigenvalue weighted by molar-refractivity contribution is 6.40. The van der Waals surface area contributed by atoms with E-state index in [1.807, 2.05) is 19.9 Å². The van der Waals surface area contributed by atoms with Gasteiger partial charge in [0.2, 0.25) is 0 Å². The Morgan fingerprint density at radius 3 is 2.59 bits per heavy atom. The van der Waals surface area contributed by atoms with Crippen LogP contribution in [0.5, 0.6) is 0 Å². The number of aliphatic hydroxyl groups excluding tert-OH is 1. The van der Waals surface area contributed by atoms with Crippen molar-refractivity contribution in [2.24, 2.45) is 0 Å². The summed E-state index contributed by atoms with van der Waals surface area (Å²) in [7, 11) is 0. The molecule has 0 atom stereocenters. The topological polar surface area (TPSA) is 63.6 Å². The van der Waals surface area contributed by atoms with Gasteiger partial charge in [0.15, 0.2) is 0 Å². The zero-order chi connectivity index (χ0) is 16.7. The number of hydrogen-bond acceptors (Lipinski definition) is 4. The number of allylic oxidation sites excluding steroid dienone is 1. The number of aliphatic hydroxyl groups is 1. The van der Waals surface area contributed by atoms with Crippen LogP contribution in [0.15, 0.2) is 35.9 Å². The van der Waals surface area contributed by atoms with Crippen LogP contribution in [-0.4, -0.2) is 23.5 Å². The number of hydrogen-bond donors (Lipinski definition) is 1. The summed E-state index contributed by atoms with van der Waals surface area (Å²) in [6.07, 6.45) is 3.22. The molecule has 0 unspecified atom stereocenters. The zero-order valence-corrected chi connectivity index (χ0v) is 13.7. The Labute approximate surface area is 139 Å². The minimum atomic E-state index is -1.03. The molecule has 4 nitrogen and oxygen atoms in total. The molecule has 1 aromatic rings. The fraction of sp³-hybridized carbons (Fsp3) is 0.250. The third kappa shape index (κ3) is 5.54. The van der Waals surface area contributed by atoms with E-state index in [0.717, 1.165) is 11.6 Å². The number of carbonyl (C=O) groups is 2. The van der Waals surface area contributed by atoms with Crippen LogP contribution in [0.1, 0.15) is 25.8 Å². The molecule has 0 bridgehead atoms. The Hall–Kier alpha value is -1.78. The molecule has 0 radical (unpaired) electrons. The Kier molecular flexibility index (Phi) is 7.15. The Morgan fingerprint density at radius 1 is 1.32 bits per heavy atom. The highest BCUT2D eigenvalue weighted by Crippen LogP contribution is 2.25. The molecule has 1 N–H and O–H groups in total. The van der Waals surface area contributed by atoms with Gasteiger partial charge in [0, 0.05) is 23.1 Å². The van der Waals surface area contributed by atoms with Gasteiger partial charge in [-0.05, 0) is 32.0 Å². The van der Waals surface area contributed by atoms with E-state index in [-0.39, 0.29) is 17.2 Å². The largest absolute Gasteiger partial charge is 0.507 e. The minimum absolute atomic E-state index is 0.108. The lowest BCUT2D eigenvalue weighted by Crippen LogP contribution is -2.16. The van der Waals surface area contributed by atoms with Crippen molar-refractivity contribution in [3.63, 3.8) is 0 Å². The highest BCUT2D eigenvalue weighted by Gasteiger charge is 2.15. The molecule has 0 saturated carbocycles. The fourth-order valence-electron chi connectivity index (χ4n) is 1.48. The van der Waals surface area contributed by atoms with Gasteiger partial charge in [-0.15, -0.1) is 0 Å². The lowest BCUT2D eigenvalue weighted by atomic mass is 10.1. The molecule has 0 saturated heterocycles. The molecule has 22 heavy (non-hydrogen) atoms. The van der Waals surface area contributed by atoms with E-state index in [1.54, 1.807) is 0 Å². The summed E-state index contributed by atoms with van der Waals surface area (Å²) in [4.78, 5) is 23.2. The number of esters is 1. The van der Waals surface area contributed by atoms with Gasteiger partial charge in [0.25, 0.3) is 5.78 Å². The summed E-state index contributed by atoms with van der Waals surface area (Å²) in [5.41, 5.74) is 1.25. The summed E-state index contributed by atoms with van der Waals surface area (Å²) in [5.74, 6) is -2.41. The summed E-state index contributed by atoms with van der Waals surface area (Å²) < 4.78 is 4.82. The number of rotatable bonds is 6. The number of halogens is 2. The molecule has 0 aliphatic rings. The second-order valence-corrected chi connectivity index (χ2v) is 5.38. The normalized spacial score (nSPS) is 12.2. The molecule has 0 aromatic heterocycles. The van der Waals surface area contributed by atoms with Gasteiger partial charge in [-0.2, -0.15) is 0 Å². The summed E-state index contributed by atoms with van der Waals surface area (Å²) in [6.45, 7) is 3.87. The predicted octanol–water partition coefficient (Wildman–Crippen LogP) is 4.36. The molecule has 0 spiro atoms. The summed E-state index contributed by atoms with van der Waals surface area (Å²) >= 11 is 11.6. The van der Waals surface area contributed by atoms with E-state index in [9.17, 15) is 14.7 Å².